The highest BCUT2D eigenvalue weighted by atomic mass is 19.1. The third-order valence-corrected chi connectivity index (χ3v) is 4.35. The number of nitriles is 1. The minimum Gasteiger partial charge on any atom is -0.372 e. The van der Waals surface area contributed by atoms with Gasteiger partial charge in [0.05, 0.1) is 36.6 Å². The fourth-order valence-corrected chi connectivity index (χ4v) is 3.14. The molecule has 1 aromatic rings. The molecule has 3 rings (SSSR count). The predicted molar refractivity (Wildman–Crippen MR) is 75.1 cm³/mol. The van der Waals surface area contributed by atoms with Crippen LogP contribution in [0.2, 0.25) is 0 Å². The van der Waals surface area contributed by atoms with E-state index in [0.717, 1.165) is 32.4 Å². The Morgan fingerprint density at radius 2 is 2.24 bits per heavy atom. The lowest BCUT2D eigenvalue weighted by Gasteiger charge is -2.32. The Bertz CT molecular complexity index is 550. The van der Waals surface area contributed by atoms with Crippen molar-refractivity contribution in [2.45, 2.75) is 37.6 Å². The van der Waals surface area contributed by atoms with Crippen molar-refractivity contribution >= 4 is 0 Å². The maximum absolute atomic E-state index is 13.3. The smallest absolute Gasteiger partial charge is 0.123 e. The van der Waals surface area contributed by atoms with E-state index in [9.17, 15) is 4.39 Å². The van der Waals surface area contributed by atoms with E-state index >= 15 is 0 Å². The van der Waals surface area contributed by atoms with Crippen molar-refractivity contribution in [1.29, 1.82) is 5.26 Å². The van der Waals surface area contributed by atoms with Gasteiger partial charge < -0.3 is 14.8 Å². The number of hydrogen-bond acceptors (Lipinski definition) is 4. The predicted octanol–water partition coefficient (Wildman–Crippen LogP) is 2.13. The van der Waals surface area contributed by atoms with Gasteiger partial charge in [-0.25, -0.2) is 4.39 Å². The second-order valence-corrected chi connectivity index (χ2v) is 5.79. The van der Waals surface area contributed by atoms with Crippen molar-refractivity contribution in [3.05, 3.63) is 35.1 Å². The molecule has 112 valence electrons. The molecule has 5 heteroatoms. The molecule has 2 saturated heterocycles. The van der Waals surface area contributed by atoms with Gasteiger partial charge in [0.2, 0.25) is 0 Å². The van der Waals surface area contributed by atoms with Crippen LogP contribution < -0.4 is 5.32 Å². The third kappa shape index (κ3) is 3.24. The molecule has 1 unspecified atom stereocenters. The van der Waals surface area contributed by atoms with Crippen LogP contribution in [0.25, 0.3) is 0 Å². The molecule has 1 atom stereocenters. The Kier molecular flexibility index (Phi) is 4.20. The van der Waals surface area contributed by atoms with Crippen molar-refractivity contribution in [1.82, 2.24) is 5.32 Å². The zero-order valence-corrected chi connectivity index (χ0v) is 11.9. The molecule has 1 N–H and O–H groups in total. The Labute approximate surface area is 123 Å². The molecule has 0 bridgehead atoms. The largest absolute Gasteiger partial charge is 0.372 e. The molecular weight excluding hydrogens is 271 g/mol. The number of nitrogens with zero attached hydrogens (tertiary/aromatic N) is 1. The Morgan fingerprint density at radius 3 is 3.00 bits per heavy atom. The molecule has 1 aromatic carbocycles. The van der Waals surface area contributed by atoms with Gasteiger partial charge in [-0.05, 0) is 49.7 Å². The maximum atomic E-state index is 13.3. The maximum Gasteiger partial charge on any atom is 0.123 e. The van der Waals surface area contributed by atoms with Crippen LogP contribution in [0.4, 0.5) is 4.39 Å². The summed E-state index contributed by atoms with van der Waals surface area (Å²) in [6, 6.07) is 6.23. The molecule has 2 aliphatic heterocycles. The van der Waals surface area contributed by atoms with Crippen LogP contribution in [0.1, 0.15) is 30.4 Å². The van der Waals surface area contributed by atoms with E-state index in [1.54, 1.807) is 0 Å². The molecule has 0 saturated carbocycles. The summed E-state index contributed by atoms with van der Waals surface area (Å²) in [4.78, 5) is 0. The van der Waals surface area contributed by atoms with Crippen LogP contribution in [-0.2, 0) is 16.1 Å². The van der Waals surface area contributed by atoms with Gasteiger partial charge in [-0.15, -0.1) is 0 Å². The summed E-state index contributed by atoms with van der Waals surface area (Å²) in [5.74, 6) is -0.343. The summed E-state index contributed by atoms with van der Waals surface area (Å²) in [6.45, 7) is 2.80. The quantitative estimate of drug-likeness (QED) is 0.926. The van der Waals surface area contributed by atoms with E-state index < -0.39 is 0 Å². The van der Waals surface area contributed by atoms with Gasteiger partial charge in [0.25, 0.3) is 0 Å². The van der Waals surface area contributed by atoms with Crippen molar-refractivity contribution < 1.29 is 13.9 Å². The van der Waals surface area contributed by atoms with Crippen LogP contribution in [0.3, 0.4) is 0 Å². The first-order valence-corrected chi connectivity index (χ1v) is 7.36. The molecule has 0 aliphatic carbocycles. The summed E-state index contributed by atoms with van der Waals surface area (Å²) in [5.41, 5.74) is 1.02. The fraction of sp³-hybridized carbons (Fsp3) is 0.562. The van der Waals surface area contributed by atoms with Gasteiger partial charge in [0.1, 0.15) is 5.82 Å². The van der Waals surface area contributed by atoms with E-state index in [1.807, 2.05) is 0 Å². The van der Waals surface area contributed by atoms with Crippen LogP contribution >= 0.6 is 0 Å². The second-order valence-electron chi connectivity index (χ2n) is 5.79. The number of halogens is 1. The summed E-state index contributed by atoms with van der Waals surface area (Å²) in [5, 5.41) is 12.4. The van der Waals surface area contributed by atoms with Gasteiger partial charge in [-0.1, -0.05) is 0 Å². The van der Waals surface area contributed by atoms with Crippen molar-refractivity contribution in [2.75, 3.05) is 19.7 Å². The van der Waals surface area contributed by atoms with E-state index in [-0.39, 0.29) is 24.1 Å². The molecule has 1 spiro atoms. The molecule has 0 aromatic heterocycles. The summed E-state index contributed by atoms with van der Waals surface area (Å²) < 4.78 is 25.1. The van der Waals surface area contributed by atoms with Crippen LogP contribution in [-0.4, -0.2) is 31.4 Å². The molecule has 2 aliphatic rings. The topological polar surface area (TPSA) is 54.3 Å². The number of rotatable bonds is 3. The van der Waals surface area contributed by atoms with E-state index in [2.05, 4.69) is 11.4 Å². The highest BCUT2D eigenvalue weighted by molar-refractivity contribution is 5.37. The number of hydrogen-bond donors (Lipinski definition) is 1. The van der Waals surface area contributed by atoms with Crippen LogP contribution in [0.15, 0.2) is 18.2 Å². The average molecular weight is 290 g/mol. The molecule has 2 heterocycles. The molecule has 0 amide bonds. The first-order valence-electron chi connectivity index (χ1n) is 7.36. The first-order chi connectivity index (χ1) is 10.2. The highest BCUT2D eigenvalue weighted by Crippen LogP contribution is 2.35. The van der Waals surface area contributed by atoms with Gasteiger partial charge in [-0.2, -0.15) is 5.26 Å². The molecule has 21 heavy (non-hydrogen) atoms. The van der Waals surface area contributed by atoms with Crippen LogP contribution in [0.5, 0.6) is 0 Å². The minimum atomic E-state index is -0.343. The fourth-order valence-electron chi connectivity index (χ4n) is 3.14. The van der Waals surface area contributed by atoms with Gasteiger partial charge in [0.15, 0.2) is 0 Å². The van der Waals surface area contributed by atoms with E-state index in [0.29, 0.717) is 17.7 Å². The van der Waals surface area contributed by atoms with Gasteiger partial charge >= 0.3 is 0 Å². The number of piperidine rings is 1. The van der Waals surface area contributed by atoms with Crippen molar-refractivity contribution in [3.63, 3.8) is 0 Å². The minimum absolute atomic E-state index is 0.0258. The van der Waals surface area contributed by atoms with Gasteiger partial charge in [-0.3, -0.25) is 0 Å². The lowest BCUT2D eigenvalue weighted by Crippen LogP contribution is -2.41. The number of nitrogens with one attached hydrogen (secondary N) is 1. The SMILES string of the molecule is N#Cc1ccc(F)cc1COC1COC2(CCNCC2)C1. The summed E-state index contributed by atoms with van der Waals surface area (Å²) >= 11 is 0. The Hall–Kier alpha value is -1.48. The van der Waals surface area contributed by atoms with Crippen LogP contribution in [0, 0.1) is 17.1 Å². The lowest BCUT2D eigenvalue weighted by atomic mass is 9.89. The second kappa shape index (κ2) is 6.10. The van der Waals surface area contributed by atoms with Crippen molar-refractivity contribution in [3.8, 4) is 6.07 Å². The zero-order valence-electron chi connectivity index (χ0n) is 11.9. The Balaban J connectivity index is 1.59. The first kappa shape index (κ1) is 14.5. The molecule has 2 fully saturated rings. The van der Waals surface area contributed by atoms with Crippen molar-refractivity contribution in [2.24, 2.45) is 0 Å². The monoisotopic (exact) mass is 290 g/mol. The average Bonchev–Trinajstić information content (AvgIpc) is 2.89. The Morgan fingerprint density at radius 1 is 1.43 bits per heavy atom. The summed E-state index contributed by atoms with van der Waals surface area (Å²) in [6.07, 6.45) is 2.93. The highest BCUT2D eigenvalue weighted by Gasteiger charge is 2.41. The number of ether oxygens (including phenoxy) is 2. The van der Waals surface area contributed by atoms with E-state index in [1.165, 1.54) is 18.2 Å². The molecule has 0 radical (unpaired) electrons. The van der Waals surface area contributed by atoms with Gasteiger partial charge in [0, 0.05) is 6.42 Å². The zero-order chi connectivity index (χ0) is 14.7. The summed E-state index contributed by atoms with van der Waals surface area (Å²) in [7, 11) is 0. The number of benzene rings is 1. The lowest BCUT2D eigenvalue weighted by molar-refractivity contribution is -0.0241. The molecule has 4 nitrogen and oxygen atoms in total. The standard InChI is InChI=1S/C16H19FN2O2/c17-14-2-1-12(9-18)13(7-14)10-20-15-8-16(21-11-15)3-5-19-6-4-16/h1-2,7,15,19H,3-6,8,10-11H2. The van der Waals surface area contributed by atoms with E-state index in [4.69, 9.17) is 14.7 Å². The third-order valence-electron chi connectivity index (χ3n) is 4.35. The normalized spacial score (nSPS) is 24.1. The molecular formula is C16H19FN2O2.